The molecule has 4 rings (SSSR count). The first-order valence-corrected chi connectivity index (χ1v) is 12.9. The van der Waals surface area contributed by atoms with Crippen molar-refractivity contribution in [2.45, 2.75) is 39.2 Å². The van der Waals surface area contributed by atoms with E-state index in [9.17, 15) is 36.7 Å². The highest BCUT2D eigenvalue weighted by atomic mass is 19.4. The van der Waals surface area contributed by atoms with Crippen molar-refractivity contribution >= 4 is 12.1 Å². The Balaban J connectivity index is 2.04. The van der Waals surface area contributed by atoms with E-state index >= 15 is 4.39 Å². The molecule has 0 aliphatic rings. The summed E-state index contributed by atoms with van der Waals surface area (Å²) in [6.45, 7) is 0.465. The number of ether oxygens (including phenoxy) is 2. The second-order valence-corrected chi connectivity index (χ2v) is 9.56. The number of rotatable bonds is 8. The molecule has 1 unspecified atom stereocenters. The molecule has 44 heavy (non-hydrogen) atoms. The number of amides is 1. The van der Waals surface area contributed by atoms with E-state index in [4.69, 9.17) is 15.2 Å². The van der Waals surface area contributed by atoms with E-state index in [1.54, 1.807) is 18.2 Å². The number of esters is 1. The maximum absolute atomic E-state index is 15.6. The SMILES string of the molecule is CC(=O)Oc1cccc(-c2c(C)n(Cc3c(F)cccc3C(F)(F)F)c(=O)n(CC(OC(N)=O)c3ccccc3)c2=O)c1F. The van der Waals surface area contributed by atoms with Gasteiger partial charge < -0.3 is 15.2 Å². The van der Waals surface area contributed by atoms with Gasteiger partial charge in [-0.25, -0.2) is 18.4 Å². The summed E-state index contributed by atoms with van der Waals surface area (Å²) < 4.78 is 83.3. The number of benzene rings is 3. The van der Waals surface area contributed by atoms with Crippen molar-refractivity contribution in [3.63, 3.8) is 0 Å². The van der Waals surface area contributed by atoms with Crippen LogP contribution in [-0.4, -0.2) is 21.2 Å². The smallest absolute Gasteiger partial charge is 0.416 e. The number of hydrogen-bond donors (Lipinski definition) is 1. The fraction of sp³-hybridized carbons (Fsp3) is 0.200. The van der Waals surface area contributed by atoms with Crippen LogP contribution in [0.5, 0.6) is 5.75 Å². The van der Waals surface area contributed by atoms with Crippen LogP contribution >= 0.6 is 0 Å². The first-order valence-electron chi connectivity index (χ1n) is 12.9. The number of aromatic nitrogens is 2. The lowest BCUT2D eigenvalue weighted by molar-refractivity contribution is -0.138. The molecule has 1 heterocycles. The summed E-state index contributed by atoms with van der Waals surface area (Å²) >= 11 is 0. The number of alkyl halides is 3. The molecule has 0 fully saturated rings. The quantitative estimate of drug-likeness (QED) is 0.167. The van der Waals surface area contributed by atoms with Gasteiger partial charge >= 0.3 is 23.9 Å². The van der Waals surface area contributed by atoms with Gasteiger partial charge in [0.25, 0.3) is 5.56 Å². The van der Waals surface area contributed by atoms with Gasteiger partial charge in [-0.15, -0.1) is 0 Å². The summed E-state index contributed by atoms with van der Waals surface area (Å²) in [4.78, 5) is 50.9. The number of nitrogens with zero attached hydrogens (tertiary/aromatic N) is 2. The minimum absolute atomic E-state index is 0.294. The second-order valence-electron chi connectivity index (χ2n) is 9.56. The number of hydrogen-bond acceptors (Lipinski definition) is 6. The third-order valence-corrected chi connectivity index (χ3v) is 6.69. The molecular formula is C30H24F5N3O6. The molecule has 1 aromatic heterocycles. The zero-order valence-electron chi connectivity index (χ0n) is 23.2. The highest BCUT2D eigenvalue weighted by molar-refractivity contribution is 5.72. The van der Waals surface area contributed by atoms with Gasteiger partial charge in [0.15, 0.2) is 11.6 Å². The molecule has 1 amide bonds. The van der Waals surface area contributed by atoms with E-state index in [0.29, 0.717) is 20.8 Å². The minimum atomic E-state index is -5.01. The van der Waals surface area contributed by atoms with Crippen molar-refractivity contribution < 1.29 is 41.0 Å². The molecule has 0 aliphatic carbocycles. The Morgan fingerprint density at radius 3 is 2.20 bits per heavy atom. The molecule has 4 aromatic rings. The van der Waals surface area contributed by atoms with Crippen molar-refractivity contribution in [3.8, 4) is 16.9 Å². The topological polar surface area (TPSA) is 123 Å². The van der Waals surface area contributed by atoms with E-state index in [-0.39, 0.29) is 5.69 Å². The zero-order chi connectivity index (χ0) is 32.3. The molecule has 0 radical (unpaired) electrons. The second kappa shape index (κ2) is 12.5. The first kappa shape index (κ1) is 31.7. The molecule has 0 aliphatic heterocycles. The van der Waals surface area contributed by atoms with Gasteiger partial charge in [-0.05, 0) is 30.7 Å². The fourth-order valence-electron chi connectivity index (χ4n) is 4.72. The average Bonchev–Trinajstić information content (AvgIpc) is 2.95. The van der Waals surface area contributed by atoms with Crippen LogP contribution in [0.25, 0.3) is 11.1 Å². The summed E-state index contributed by atoms with van der Waals surface area (Å²) in [5, 5.41) is 0. The predicted octanol–water partition coefficient (Wildman–Crippen LogP) is 5.09. The van der Waals surface area contributed by atoms with Crippen molar-refractivity contribution in [1.29, 1.82) is 0 Å². The Labute approximate surface area is 245 Å². The molecule has 9 nitrogen and oxygen atoms in total. The Bertz CT molecular complexity index is 1850. The Hall–Kier alpha value is -5.27. The largest absolute Gasteiger partial charge is 0.440 e. The highest BCUT2D eigenvalue weighted by Crippen LogP contribution is 2.34. The van der Waals surface area contributed by atoms with Gasteiger partial charge in [0.2, 0.25) is 0 Å². The number of carbonyl (C=O) groups is 2. The molecule has 2 N–H and O–H groups in total. The Morgan fingerprint density at radius 1 is 0.932 bits per heavy atom. The van der Waals surface area contributed by atoms with Gasteiger partial charge in [-0.3, -0.25) is 18.7 Å². The zero-order valence-corrected chi connectivity index (χ0v) is 23.2. The summed E-state index contributed by atoms with van der Waals surface area (Å²) in [6.07, 6.45) is -7.62. The summed E-state index contributed by atoms with van der Waals surface area (Å²) in [5.74, 6) is -3.92. The average molecular weight is 618 g/mol. The minimum Gasteiger partial charge on any atom is -0.440 e. The molecule has 1 atom stereocenters. The molecule has 0 saturated carbocycles. The third-order valence-electron chi connectivity index (χ3n) is 6.69. The maximum atomic E-state index is 15.6. The normalized spacial score (nSPS) is 12.1. The number of carbonyl (C=O) groups excluding carboxylic acids is 2. The number of halogens is 5. The Morgan fingerprint density at radius 2 is 1.59 bits per heavy atom. The van der Waals surface area contributed by atoms with Gasteiger partial charge in [0.05, 0.1) is 24.2 Å². The molecule has 230 valence electrons. The monoisotopic (exact) mass is 617 g/mol. The molecule has 14 heteroatoms. The molecule has 0 bridgehead atoms. The van der Waals surface area contributed by atoms with Crippen LogP contribution in [0.4, 0.5) is 26.7 Å². The van der Waals surface area contributed by atoms with E-state index < -0.39 is 88.3 Å². The van der Waals surface area contributed by atoms with Crippen LogP contribution in [0, 0.1) is 18.6 Å². The predicted molar refractivity (Wildman–Crippen MR) is 147 cm³/mol. The standard InChI is InChI=1S/C30H24F5N3O6/c1-16-25(19-10-6-13-23(26(19)32)43-17(2)39)27(40)38(15-24(44-28(36)41)18-8-4-3-5-9-18)29(42)37(16)14-20-21(30(33,34)35)11-7-12-22(20)31/h3-13,24H,14-15H2,1-2H3,(H2,36,41). The van der Waals surface area contributed by atoms with E-state index in [0.717, 1.165) is 31.2 Å². The van der Waals surface area contributed by atoms with E-state index in [2.05, 4.69) is 0 Å². The molecule has 0 saturated heterocycles. The van der Waals surface area contributed by atoms with Crippen molar-refractivity contribution in [3.05, 3.63) is 122 Å². The maximum Gasteiger partial charge on any atom is 0.416 e. The van der Waals surface area contributed by atoms with Crippen LogP contribution in [-0.2, 0) is 28.8 Å². The Kier molecular flexibility index (Phi) is 9.02. The molecular weight excluding hydrogens is 593 g/mol. The van der Waals surface area contributed by atoms with Crippen LogP contribution in [0.1, 0.15) is 35.4 Å². The van der Waals surface area contributed by atoms with E-state index in [1.807, 2.05) is 0 Å². The van der Waals surface area contributed by atoms with Crippen molar-refractivity contribution in [2.24, 2.45) is 5.73 Å². The van der Waals surface area contributed by atoms with Gasteiger partial charge in [0, 0.05) is 23.7 Å². The third kappa shape index (κ3) is 6.53. The van der Waals surface area contributed by atoms with Gasteiger partial charge in [-0.1, -0.05) is 48.5 Å². The van der Waals surface area contributed by atoms with Crippen molar-refractivity contribution in [2.75, 3.05) is 0 Å². The number of nitrogens with two attached hydrogens (primary N) is 1. The number of primary amides is 1. The van der Waals surface area contributed by atoms with Crippen LogP contribution in [0.15, 0.2) is 76.3 Å². The van der Waals surface area contributed by atoms with Crippen molar-refractivity contribution in [1.82, 2.24) is 9.13 Å². The van der Waals surface area contributed by atoms with Crippen LogP contribution in [0.3, 0.4) is 0 Å². The lowest BCUT2D eigenvalue weighted by Crippen LogP contribution is -2.44. The highest BCUT2D eigenvalue weighted by Gasteiger charge is 2.35. The molecule has 3 aromatic carbocycles. The van der Waals surface area contributed by atoms with Gasteiger partial charge in [-0.2, -0.15) is 13.2 Å². The lowest BCUT2D eigenvalue weighted by Gasteiger charge is -2.22. The first-order chi connectivity index (χ1) is 20.7. The van der Waals surface area contributed by atoms with Crippen LogP contribution < -0.4 is 21.7 Å². The molecule has 0 spiro atoms. The van der Waals surface area contributed by atoms with E-state index in [1.165, 1.54) is 25.1 Å². The summed E-state index contributed by atoms with van der Waals surface area (Å²) in [5.41, 5.74) is -0.402. The summed E-state index contributed by atoms with van der Waals surface area (Å²) in [6, 6.07) is 13.5. The summed E-state index contributed by atoms with van der Waals surface area (Å²) in [7, 11) is 0. The van der Waals surface area contributed by atoms with Gasteiger partial charge in [0.1, 0.15) is 11.9 Å². The lowest BCUT2D eigenvalue weighted by atomic mass is 10.0. The fourth-order valence-corrected chi connectivity index (χ4v) is 4.72. The van der Waals surface area contributed by atoms with Crippen LogP contribution in [0.2, 0.25) is 0 Å².